The highest BCUT2D eigenvalue weighted by Gasteiger charge is 2.38. The van der Waals surface area contributed by atoms with E-state index in [0.29, 0.717) is 39.1 Å². The van der Waals surface area contributed by atoms with Crippen molar-refractivity contribution >= 4 is 28.3 Å². The van der Waals surface area contributed by atoms with Crippen molar-refractivity contribution in [1.29, 1.82) is 0 Å². The zero-order chi connectivity index (χ0) is 19.4. The van der Waals surface area contributed by atoms with Crippen LogP contribution >= 0.6 is 12.4 Å². The minimum absolute atomic E-state index is 0. The number of rotatable bonds is 7. The SMILES string of the molecule is CC(C)N(C)S(=O)(=O)c1ccc(CNC(=O)C2(CN)CCOCC2)cc1.Cl. The van der Waals surface area contributed by atoms with Crippen LogP contribution < -0.4 is 11.1 Å². The van der Waals surface area contributed by atoms with Crippen molar-refractivity contribution in [1.82, 2.24) is 9.62 Å². The van der Waals surface area contributed by atoms with Gasteiger partial charge in [-0.3, -0.25) is 4.79 Å². The predicted molar refractivity (Wildman–Crippen MR) is 107 cm³/mol. The zero-order valence-electron chi connectivity index (χ0n) is 16.1. The fourth-order valence-corrected chi connectivity index (χ4v) is 4.25. The molecule has 0 radical (unpaired) electrons. The smallest absolute Gasteiger partial charge is 0.243 e. The maximum absolute atomic E-state index is 12.6. The first-order valence-corrected chi connectivity index (χ1v) is 10.3. The van der Waals surface area contributed by atoms with Gasteiger partial charge in [-0.25, -0.2) is 8.42 Å². The standard InChI is InChI=1S/C18H29N3O4S.ClH/c1-14(2)21(3)26(23,24)16-6-4-15(5-7-16)12-20-17(22)18(13-19)8-10-25-11-9-18;/h4-7,14H,8-13,19H2,1-3H3,(H,20,22);1H. The van der Waals surface area contributed by atoms with Gasteiger partial charge >= 0.3 is 0 Å². The second-order valence-corrected chi connectivity index (χ2v) is 9.04. The van der Waals surface area contributed by atoms with Gasteiger partial charge in [0.2, 0.25) is 15.9 Å². The lowest BCUT2D eigenvalue weighted by Gasteiger charge is -2.34. The Balaban J connectivity index is 0.00000364. The summed E-state index contributed by atoms with van der Waals surface area (Å²) in [5, 5.41) is 2.93. The zero-order valence-corrected chi connectivity index (χ0v) is 17.7. The number of sulfonamides is 1. The van der Waals surface area contributed by atoms with E-state index in [4.69, 9.17) is 10.5 Å². The molecule has 0 aliphatic carbocycles. The Morgan fingerprint density at radius 3 is 2.30 bits per heavy atom. The van der Waals surface area contributed by atoms with Gasteiger partial charge in [0.05, 0.1) is 10.3 Å². The number of nitrogens with one attached hydrogen (secondary N) is 1. The monoisotopic (exact) mass is 419 g/mol. The van der Waals surface area contributed by atoms with Crippen LogP contribution in [0.1, 0.15) is 32.3 Å². The fourth-order valence-electron chi connectivity index (χ4n) is 2.88. The summed E-state index contributed by atoms with van der Waals surface area (Å²) < 4.78 is 31.6. The van der Waals surface area contributed by atoms with Crippen LogP contribution in [-0.2, 0) is 26.1 Å². The van der Waals surface area contributed by atoms with Crippen LogP contribution in [0, 0.1) is 5.41 Å². The molecule has 1 aliphatic heterocycles. The molecule has 0 saturated carbocycles. The number of amides is 1. The maximum Gasteiger partial charge on any atom is 0.243 e. The first-order chi connectivity index (χ1) is 12.2. The Morgan fingerprint density at radius 1 is 1.26 bits per heavy atom. The predicted octanol–water partition coefficient (Wildman–Crippen LogP) is 1.51. The highest BCUT2D eigenvalue weighted by atomic mass is 35.5. The van der Waals surface area contributed by atoms with Crippen molar-refractivity contribution in [2.75, 3.05) is 26.8 Å². The van der Waals surface area contributed by atoms with Crippen LogP contribution in [-0.4, -0.2) is 51.5 Å². The van der Waals surface area contributed by atoms with Crippen molar-refractivity contribution in [3.63, 3.8) is 0 Å². The molecule has 0 atom stereocenters. The summed E-state index contributed by atoms with van der Waals surface area (Å²) in [5.74, 6) is -0.0699. The molecule has 2 rings (SSSR count). The molecule has 1 saturated heterocycles. The summed E-state index contributed by atoms with van der Waals surface area (Å²) in [5.41, 5.74) is 6.11. The summed E-state index contributed by atoms with van der Waals surface area (Å²) in [6.45, 7) is 5.36. The van der Waals surface area contributed by atoms with Crippen molar-refractivity contribution in [2.45, 2.75) is 44.2 Å². The highest BCUT2D eigenvalue weighted by Crippen LogP contribution is 2.29. The van der Waals surface area contributed by atoms with Crippen molar-refractivity contribution in [3.05, 3.63) is 29.8 Å². The van der Waals surface area contributed by atoms with Gasteiger partial charge in [-0.15, -0.1) is 12.4 Å². The number of carbonyl (C=O) groups is 1. The molecule has 3 N–H and O–H groups in total. The Labute approximate surface area is 168 Å². The Bertz CT molecular complexity index is 717. The Morgan fingerprint density at radius 2 is 1.81 bits per heavy atom. The maximum atomic E-state index is 12.6. The van der Waals surface area contributed by atoms with Crippen LogP contribution in [0.25, 0.3) is 0 Å². The molecule has 7 nitrogen and oxygen atoms in total. The van der Waals surface area contributed by atoms with Crippen molar-refractivity contribution in [3.8, 4) is 0 Å². The van der Waals surface area contributed by atoms with Gasteiger partial charge in [0.25, 0.3) is 0 Å². The van der Waals surface area contributed by atoms with Crippen molar-refractivity contribution in [2.24, 2.45) is 11.1 Å². The molecule has 0 bridgehead atoms. The number of hydrogen-bond donors (Lipinski definition) is 2. The molecule has 154 valence electrons. The van der Waals surface area contributed by atoms with Gasteiger partial charge in [0.15, 0.2) is 0 Å². The molecule has 0 aromatic heterocycles. The Kier molecular flexibility index (Phi) is 8.69. The second-order valence-electron chi connectivity index (χ2n) is 7.04. The summed E-state index contributed by atoms with van der Waals surface area (Å²) in [7, 11) is -1.94. The summed E-state index contributed by atoms with van der Waals surface area (Å²) >= 11 is 0. The topological polar surface area (TPSA) is 102 Å². The van der Waals surface area contributed by atoms with Crippen LogP contribution in [0.15, 0.2) is 29.2 Å². The van der Waals surface area contributed by atoms with Crippen LogP contribution in [0.3, 0.4) is 0 Å². The number of ether oxygens (including phenoxy) is 1. The molecular weight excluding hydrogens is 390 g/mol. The van der Waals surface area contributed by atoms with E-state index in [1.165, 1.54) is 4.31 Å². The fraction of sp³-hybridized carbons (Fsp3) is 0.611. The van der Waals surface area contributed by atoms with Gasteiger partial charge in [0, 0.05) is 39.4 Å². The molecule has 1 aliphatic rings. The molecule has 1 aromatic carbocycles. The number of halogens is 1. The van der Waals surface area contributed by atoms with Gasteiger partial charge in [-0.2, -0.15) is 4.31 Å². The van der Waals surface area contributed by atoms with E-state index in [-0.39, 0.29) is 29.3 Å². The molecular formula is C18H30ClN3O4S. The summed E-state index contributed by atoms with van der Waals surface area (Å²) in [4.78, 5) is 12.8. The lowest BCUT2D eigenvalue weighted by Crippen LogP contribution is -2.48. The van der Waals surface area contributed by atoms with Crippen LogP contribution in [0.5, 0.6) is 0 Å². The van der Waals surface area contributed by atoms with Gasteiger partial charge in [-0.05, 0) is 44.4 Å². The van der Waals surface area contributed by atoms with Crippen LogP contribution in [0.4, 0.5) is 0 Å². The normalized spacial score (nSPS) is 16.8. The van der Waals surface area contributed by atoms with Crippen LogP contribution in [0.2, 0.25) is 0 Å². The van der Waals surface area contributed by atoms with E-state index in [9.17, 15) is 13.2 Å². The lowest BCUT2D eigenvalue weighted by molar-refractivity contribution is -0.136. The van der Waals surface area contributed by atoms with Gasteiger partial charge < -0.3 is 15.8 Å². The largest absolute Gasteiger partial charge is 0.381 e. The average molecular weight is 420 g/mol. The molecule has 0 spiro atoms. The second kappa shape index (κ2) is 9.84. The van der Waals surface area contributed by atoms with E-state index in [0.717, 1.165) is 5.56 Å². The van der Waals surface area contributed by atoms with E-state index >= 15 is 0 Å². The first-order valence-electron chi connectivity index (χ1n) is 8.86. The molecule has 1 heterocycles. The number of nitrogens with two attached hydrogens (primary N) is 1. The summed E-state index contributed by atoms with van der Waals surface area (Å²) in [6, 6.07) is 6.47. The third-order valence-corrected chi connectivity index (χ3v) is 7.15. The Hall–Kier alpha value is -1.19. The quantitative estimate of drug-likeness (QED) is 0.697. The number of nitrogens with zero attached hydrogens (tertiary/aromatic N) is 1. The molecule has 27 heavy (non-hydrogen) atoms. The molecule has 1 aromatic rings. The molecule has 0 unspecified atom stereocenters. The molecule has 1 amide bonds. The van der Waals surface area contributed by atoms with E-state index in [1.807, 2.05) is 13.8 Å². The number of hydrogen-bond acceptors (Lipinski definition) is 5. The highest BCUT2D eigenvalue weighted by molar-refractivity contribution is 7.89. The molecule has 9 heteroatoms. The third kappa shape index (κ3) is 5.42. The van der Waals surface area contributed by atoms with Gasteiger partial charge in [-0.1, -0.05) is 12.1 Å². The molecule has 1 fully saturated rings. The van der Waals surface area contributed by atoms with E-state index < -0.39 is 15.4 Å². The number of carbonyl (C=O) groups excluding carboxylic acids is 1. The first kappa shape index (κ1) is 23.8. The van der Waals surface area contributed by atoms with E-state index in [1.54, 1.807) is 31.3 Å². The average Bonchev–Trinajstić information content (AvgIpc) is 2.66. The minimum Gasteiger partial charge on any atom is -0.381 e. The van der Waals surface area contributed by atoms with E-state index in [2.05, 4.69) is 5.32 Å². The van der Waals surface area contributed by atoms with Gasteiger partial charge in [0.1, 0.15) is 0 Å². The lowest BCUT2D eigenvalue weighted by atomic mass is 9.79. The number of benzene rings is 1. The summed E-state index contributed by atoms with van der Waals surface area (Å²) in [6.07, 6.45) is 1.24. The van der Waals surface area contributed by atoms with Crippen molar-refractivity contribution < 1.29 is 17.9 Å². The minimum atomic E-state index is -3.50. The third-order valence-electron chi connectivity index (χ3n) is 5.10.